The Morgan fingerprint density at radius 2 is 1.77 bits per heavy atom. The fourth-order valence-corrected chi connectivity index (χ4v) is 4.07. The van der Waals surface area contributed by atoms with Gasteiger partial charge >= 0.3 is 17.9 Å². The highest BCUT2D eigenvalue weighted by molar-refractivity contribution is 8.76. The molecule has 144 valence electrons. The molecule has 0 aromatic heterocycles. The van der Waals surface area contributed by atoms with Crippen molar-refractivity contribution in [1.29, 1.82) is 0 Å². The number of aliphatic carboxylic acids is 1. The monoisotopic (exact) mass is 402 g/mol. The van der Waals surface area contributed by atoms with Crippen LogP contribution in [0.25, 0.3) is 0 Å². The molecule has 0 amide bonds. The summed E-state index contributed by atoms with van der Waals surface area (Å²) in [6.07, 6.45) is 0. The smallest absolute Gasteiger partial charge is 0.339 e. The number of hydrogen-bond donors (Lipinski definition) is 3. The van der Waals surface area contributed by atoms with Crippen LogP contribution >= 0.6 is 21.6 Å². The van der Waals surface area contributed by atoms with Crippen molar-refractivity contribution in [3.05, 3.63) is 35.9 Å². The van der Waals surface area contributed by atoms with E-state index in [4.69, 9.17) is 26.0 Å². The number of carboxylic acid groups (broad SMARTS) is 1. The molecule has 5 N–H and O–H groups in total. The standard InChI is InChI=1S/C16H22N2O6S2/c1-2-23-14(21)16(18,10-26-25-9-12(17)13(19)20)15(22)24-8-11-6-4-3-5-7-11/h3-7,12H,2,8-10,17-18H2,1H3,(H,19,20). The van der Waals surface area contributed by atoms with E-state index in [9.17, 15) is 14.4 Å². The van der Waals surface area contributed by atoms with Crippen molar-refractivity contribution in [3.8, 4) is 0 Å². The van der Waals surface area contributed by atoms with Crippen LogP contribution in [-0.2, 0) is 30.5 Å². The largest absolute Gasteiger partial charge is 0.480 e. The zero-order chi connectivity index (χ0) is 19.6. The van der Waals surface area contributed by atoms with Crippen LogP contribution in [0.1, 0.15) is 12.5 Å². The Bertz CT molecular complexity index is 616. The van der Waals surface area contributed by atoms with Gasteiger partial charge in [0.1, 0.15) is 12.6 Å². The average molecular weight is 402 g/mol. The second-order valence-corrected chi connectivity index (χ2v) is 7.75. The maximum atomic E-state index is 12.4. The van der Waals surface area contributed by atoms with E-state index in [2.05, 4.69) is 0 Å². The molecule has 0 spiro atoms. The maximum absolute atomic E-state index is 12.4. The third-order valence-corrected chi connectivity index (χ3v) is 5.65. The second-order valence-electron chi connectivity index (χ2n) is 5.24. The van der Waals surface area contributed by atoms with Gasteiger partial charge in [-0.05, 0) is 12.5 Å². The molecule has 0 saturated heterocycles. The maximum Gasteiger partial charge on any atom is 0.339 e. The molecule has 0 aliphatic rings. The van der Waals surface area contributed by atoms with E-state index in [0.717, 1.165) is 27.2 Å². The van der Waals surface area contributed by atoms with E-state index in [1.165, 1.54) is 0 Å². The summed E-state index contributed by atoms with van der Waals surface area (Å²) in [7, 11) is 2.16. The minimum atomic E-state index is -1.99. The number of benzene rings is 1. The van der Waals surface area contributed by atoms with Crippen molar-refractivity contribution < 1.29 is 29.0 Å². The molecule has 8 nitrogen and oxygen atoms in total. The molecule has 10 heteroatoms. The Labute approximate surface area is 159 Å². The van der Waals surface area contributed by atoms with Gasteiger partial charge in [0, 0.05) is 11.5 Å². The molecule has 1 aromatic carbocycles. The topological polar surface area (TPSA) is 142 Å². The Kier molecular flexibility index (Phi) is 9.49. The van der Waals surface area contributed by atoms with E-state index < -0.39 is 29.5 Å². The number of carboxylic acids is 1. The minimum Gasteiger partial charge on any atom is -0.480 e. The number of hydrogen-bond acceptors (Lipinski definition) is 9. The molecular weight excluding hydrogens is 380 g/mol. The van der Waals surface area contributed by atoms with Gasteiger partial charge in [0.05, 0.1) is 6.61 Å². The zero-order valence-corrected chi connectivity index (χ0v) is 15.9. The predicted molar refractivity (Wildman–Crippen MR) is 100 cm³/mol. The summed E-state index contributed by atoms with van der Waals surface area (Å²) in [5, 5.41) is 8.75. The van der Waals surface area contributed by atoms with Gasteiger partial charge in [0.2, 0.25) is 5.54 Å². The zero-order valence-electron chi connectivity index (χ0n) is 14.3. The highest BCUT2D eigenvalue weighted by atomic mass is 33.1. The lowest BCUT2D eigenvalue weighted by molar-refractivity contribution is -0.163. The molecule has 1 rings (SSSR count). The first kappa shape index (κ1) is 22.3. The lowest BCUT2D eigenvalue weighted by atomic mass is 10.0. The number of ether oxygens (including phenoxy) is 2. The van der Waals surface area contributed by atoms with Crippen molar-refractivity contribution in [3.63, 3.8) is 0 Å². The van der Waals surface area contributed by atoms with Crippen molar-refractivity contribution in [2.45, 2.75) is 25.1 Å². The summed E-state index contributed by atoms with van der Waals surface area (Å²) in [4.78, 5) is 35.3. The molecule has 0 aliphatic heterocycles. The van der Waals surface area contributed by atoms with Crippen molar-refractivity contribution in [2.24, 2.45) is 11.5 Å². The molecule has 0 bridgehead atoms. The Hall–Kier alpha value is -1.75. The van der Waals surface area contributed by atoms with Crippen LogP contribution in [0.5, 0.6) is 0 Å². The Morgan fingerprint density at radius 1 is 1.15 bits per heavy atom. The van der Waals surface area contributed by atoms with E-state index in [0.29, 0.717) is 0 Å². The summed E-state index contributed by atoms with van der Waals surface area (Å²) in [6.45, 7) is 1.63. The first-order chi connectivity index (χ1) is 12.3. The second kappa shape index (κ2) is 11.1. The fraction of sp³-hybridized carbons (Fsp3) is 0.438. The van der Waals surface area contributed by atoms with E-state index >= 15 is 0 Å². The van der Waals surface area contributed by atoms with Gasteiger partial charge in [-0.15, -0.1) is 0 Å². The first-order valence-corrected chi connectivity index (χ1v) is 10.2. The molecule has 0 fully saturated rings. The van der Waals surface area contributed by atoms with Gasteiger partial charge < -0.3 is 26.0 Å². The summed E-state index contributed by atoms with van der Waals surface area (Å²) in [5.74, 6) is -2.98. The predicted octanol–water partition coefficient (Wildman–Crippen LogP) is 0.784. The SMILES string of the molecule is CCOC(=O)C(N)(CSSCC(N)C(=O)O)C(=O)OCc1ccccc1. The van der Waals surface area contributed by atoms with Crippen LogP contribution < -0.4 is 11.5 Å². The molecule has 0 saturated carbocycles. The van der Waals surface area contributed by atoms with Crippen LogP contribution in [0.2, 0.25) is 0 Å². The van der Waals surface area contributed by atoms with Crippen LogP contribution in [-0.4, -0.2) is 52.7 Å². The van der Waals surface area contributed by atoms with Gasteiger partial charge in [0.15, 0.2) is 0 Å². The molecule has 26 heavy (non-hydrogen) atoms. The van der Waals surface area contributed by atoms with Gasteiger partial charge in [0.25, 0.3) is 0 Å². The van der Waals surface area contributed by atoms with Crippen LogP contribution in [0.4, 0.5) is 0 Å². The molecule has 0 radical (unpaired) electrons. The molecule has 2 unspecified atom stereocenters. The molecule has 0 aliphatic carbocycles. The van der Waals surface area contributed by atoms with E-state index in [1.54, 1.807) is 31.2 Å². The summed E-state index contributed by atoms with van der Waals surface area (Å²) in [5.41, 5.74) is 10.1. The molecular formula is C16H22N2O6S2. The molecule has 2 atom stereocenters. The van der Waals surface area contributed by atoms with Gasteiger partial charge in [-0.3, -0.25) is 4.79 Å². The number of nitrogens with two attached hydrogens (primary N) is 2. The van der Waals surface area contributed by atoms with Gasteiger partial charge in [-0.1, -0.05) is 51.9 Å². The van der Waals surface area contributed by atoms with Crippen molar-refractivity contribution in [2.75, 3.05) is 18.1 Å². The lowest BCUT2D eigenvalue weighted by Gasteiger charge is -2.24. The fourth-order valence-electron chi connectivity index (χ4n) is 1.64. The molecule has 1 aromatic rings. The third kappa shape index (κ3) is 6.87. The Morgan fingerprint density at radius 3 is 2.35 bits per heavy atom. The molecule has 0 heterocycles. The normalized spacial score (nSPS) is 14.1. The quantitative estimate of drug-likeness (QED) is 0.210. The summed E-state index contributed by atoms with van der Waals surface area (Å²) < 4.78 is 10.1. The summed E-state index contributed by atoms with van der Waals surface area (Å²) in [6, 6.07) is 7.91. The first-order valence-electron chi connectivity index (χ1n) is 7.71. The number of carbonyl (C=O) groups excluding carboxylic acids is 2. The van der Waals surface area contributed by atoms with Crippen molar-refractivity contribution in [1.82, 2.24) is 0 Å². The average Bonchev–Trinajstić information content (AvgIpc) is 2.63. The lowest BCUT2D eigenvalue weighted by Crippen LogP contribution is -2.58. The number of carbonyl (C=O) groups is 3. The van der Waals surface area contributed by atoms with Crippen LogP contribution in [0.3, 0.4) is 0 Å². The van der Waals surface area contributed by atoms with Crippen molar-refractivity contribution >= 4 is 39.5 Å². The van der Waals surface area contributed by atoms with E-state index in [-0.39, 0.29) is 24.7 Å². The number of esters is 2. The number of rotatable bonds is 11. The van der Waals surface area contributed by atoms with Gasteiger partial charge in [-0.25, -0.2) is 9.59 Å². The van der Waals surface area contributed by atoms with Crippen LogP contribution in [0.15, 0.2) is 30.3 Å². The minimum absolute atomic E-state index is 0.0280. The third-order valence-electron chi connectivity index (χ3n) is 3.15. The van der Waals surface area contributed by atoms with Gasteiger partial charge in [-0.2, -0.15) is 0 Å². The van der Waals surface area contributed by atoms with Crippen LogP contribution in [0, 0.1) is 0 Å². The summed E-state index contributed by atoms with van der Waals surface area (Å²) >= 11 is 0. The van der Waals surface area contributed by atoms with E-state index in [1.807, 2.05) is 6.07 Å². The highest BCUT2D eigenvalue weighted by Gasteiger charge is 2.45. The highest BCUT2D eigenvalue weighted by Crippen LogP contribution is 2.27. The Balaban J connectivity index is 2.67.